The molecule has 21 heavy (non-hydrogen) atoms. The zero-order valence-corrected chi connectivity index (χ0v) is 13.5. The molecule has 2 amide bonds. The average molecular weight is 300 g/mol. The summed E-state index contributed by atoms with van der Waals surface area (Å²) in [5, 5.41) is 0. The Bertz CT molecular complexity index is 408. The highest BCUT2D eigenvalue weighted by atomic mass is 16.6. The topological polar surface area (TPSA) is 84.0 Å². The van der Waals surface area contributed by atoms with Crippen molar-refractivity contribution in [2.24, 2.45) is 5.92 Å². The van der Waals surface area contributed by atoms with Crippen molar-refractivity contribution in [3.8, 4) is 0 Å². The molecule has 0 aromatic heterocycles. The Labute approximate surface area is 125 Å². The van der Waals surface area contributed by atoms with E-state index in [9.17, 15) is 9.59 Å². The molecule has 1 saturated heterocycles. The van der Waals surface area contributed by atoms with Crippen molar-refractivity contribution < 1.29 is 23.9 Å². The fourth-order valence-corrected chi connectivity index (χ4v) is 2.10. The van der Waals surface area contributed by atoms with E-state index in [2.05, 4.69) is 0 Å². The van der Waals surface area contributed by atoms with Crippen LogP contribution in [0.5, 0.6) is 0 Å². The van der Waals surface area contributed by atoms with Gasteiger partial charge in [-0.1, -0.05) is 6.92 Å². The SMILES string of the molecule is C[C@@H]1C[C@H](C(=O)N(C)C)N(C(=O)OC(C)(C)C)C1.O=C=O. The predicted octanol–water partition coefficient (Wildman–Crippen LogP) is 1.14. The quantitative estimate of drug-likeness (QED) is 0.725. The van der Waals surface area contributed by atoms with Crippen molar-refractivity contribution in [1.29, 1.82) is 0 Å². The van der Waals surface area contributed by atoms with Gasteiger partial charge in [-0.05, 0) is 33.1 Å². The minimum Gasteiger partial charge on any atom is -0.444 e. The first-order chi connectivity index (χ1) is 9.53. The van der Waals surface area contributed by atoms with Gasteiger partial charge in [0.2, 0.25) is 5.91 Å². The van der Waals surface area contributed by atoms with E-state index in [0.717, 1.165) is 0 Å². The zero-order chi connectivity index (χ0) is 16.8. The number of nitrogens with zero attached hydrogens (tertiary/aromatic N) is 2. The van der Waals surface area contributed by atoms with Crippen molar-refractivity contribution in [1.82, 2.24) is 9.80 Å². The van der Waals surface area contributed by atoms with Gasteiger partial charge in [-0.2, -0.15) is 9.59 Å². The first-order valence-corrected chi connectivity index (χ1v) is 6.73. The molecule has 1 heterocycles. The van der Waals surface area contributed by atoms with Gasteiger partial charge in [0.25, 0.3) is 0 Å². The lowest BCUT2D eigenvalue weighted by atomic mass is 10.1. The first-order valence-electron chi connectivity index (χ1n) is 6.73. The fraction of sp³-hybridized carbons (Fsp3) is 0.786. The molecule has 0 spiro atoms. The molecule has 1 aliphatic heterocycles. The second kappa shape index (κ2) is 7.78. The van der Waals surface area contributed by atoms with Gasteiger partial charge in [-0.15, -0.1) is 0 Å². The molecule has 0 bridgehead atoms. The van der Waals surface area contributed by atoms with Crippen LogP contribution in [-0.2, 0) is 19.1 Å². The summed E-state index contributed by atoms with van der Waals surface area (Å²) in [5.74, 6) is 0.289. The normalized spacial score (nSPS) is 21.0. The highest BCUT2D eigenvalue weighted by Gasteiger charge is 2.40. The van der Waals surface area contributed by atoms with Crippen molar-refractivity contribution in [2.75, 3.05) is 20.6 Å². The third-order valence-electron chi connectivity index (χ3n) is 2.86. The molecule has 0 aromatic carbocycles. The largest absolute Gasteiger partial charge is 0.444 e. The molecule has 7 heteroatoms. The Hall–Kier alpha value is -1.88. The molecular weight excluding hydrogens is 276 g/mol. The number of ether oxygens (including phenoxy) is 1. The summed E-state index contributed by atoms with van der Waals surface area (Å²) in [6.07, 6.45) is 0.558. The van der Waals surface area contributed by atoms with Crippen molar-refractivity contribution in [3.63, 3.8) is 0 Å². The lowest BCUT2D eigenvalue weighted by molar-refractivity contribution is -0.191. The Kier molecular flexibility index (Phi) is 7.09. The number of rotatable bonds is 1. The summed E-state index contributed by atoms with van der Waals surface area (Å²) >= 11 is 0. The second-order valence-electron chi connectivity index (χ2n) is 6.31. The number of hydrogen-bond donors (Lipinski definition) is 0. The van der Waals surface area contributed by atoms with E-state index in [1.807, 2.05) is 27.7 Å². The zero-order valence-electron chi connectivity index (χ0n) is 13.5. The van der Waals surface area contributed by atoms with Crippen LogP contribution >= 0.6 is 0 Å². The van der Waals surface area contributed by atoms with Gasteiger partial charge in [-0.3, -0.25) is 9.69 Å². The van der Waals surface area contributed by atoms with Gasteiger partial charge in [0.1, 0.15) is 11.6 Å². The van der Waals surface area contributed by atoms with Crippen LogP contribution in [-0.4, -0.2) is 60.2 Å². The van der Waals surface area contributed by atoms with Gasteiger partial charge in [-0.25, -0.2) is 4.79 Å². The maximum Gasteiger partial charge on any atom is 0.410 e. The van der Waals surface area contributed by atoms with E-state index in [-0.39, 0.29) is 18.1 Å². The van der Waals surface area contributed by atoms with E-state index >= 15 is 0 Å². The summed E-state index contributed by atoms with van der Waals surface area (Å²) in [4.78, 5) is 43.5. The molecule has 7 nitrogen and oxygen atoms in total. The molecular formula is C14H24N2O5. The third-order valence-corrected chi connectivity index (χ3v) is 2.86. The molecule has 0 aliphatic carbocycles. The molecule has 0 radical (unpaired) electrons. The van der Waals surface area contributed by atoms with Gasteiger partial charge in [0, 0.05) is 20.6 Å². The number of carbonyl (C=O) groups excluding carboxylic acids is 4. The number of likely N-dealkylation sites (N-methyl/N-ethyl adjacent to an activating group) is 1. The molecule has 0 unspecified atom stereocenters. The molecule has 1 rings (SSSR count). The van der Waals surface area contributed by atoms with Crippen LogP contribution in [0.25, 0.3) is 0 Å². The minimum atomic E-state index is -0.533. The average Bonchev–Trinajstić information content (AvgIpc) is 2.69. The van der Waals surface area contributed by atoms with Gasteiger partial charge in [0.15, 0.2) is 0 Å². The molecule has 2 atom stereocenters. The number of amides is 2. The van der Waals surface area contributed by atoms with Gasteiger partial charge in [0.05, 0.1) is 0 Å². The van der Waals surface area contributed by atoms with E-state index in [1.165, 1.54) is 4.90 Å². The van der Waals surface area contributed by atoms with E-state index in [4.69, 9.17) is 14.3 Å². The Morgan fingerprint density at radius 3 is 2.10 bits per heavy atom. The maximum absolute atomic E-state index is 12.1. The van der Waals surface area contributed by atoms with Gasteiger partial charge >= 0.3 is 12.2 Å². The van der Waals surface area contributed by atoms with Crippen LogP contribution in [0.4, 0.5) is 4.79 Å². The van der Waals surface area contributed by atoms with Crippen LogP contribution in [0.3, 0.4) is 0 Å². The van der Waals surface area contributed by atoms with E-state index in [1.54, 1.807) is 19.0 Å². The van der Waals surface area contributed by atoms with E-state index < -0.39 is 11.7 Å². The molecule has 0 N–H and O–H groups in total. The van der Waals surface area contributed by atoms with Crippen LogP contribution in [0.15, 0.2) is 0 Å². The Morgan fingerprint density at radius 1 is 1.24 bits per heavy atom. The van der Waals surface area contributed by atoms with Crippen LogP contribution in [0.1, 0.15) is 34.1 Å². The van der Waals surface area contributed by atoms with Gasteiger partial charge < -0.3 is 9.64 Å². The number of likely N-dealkylation sites (tertiary alicyclic amines) is 1. The minimum absolute atomic E-state index is 0.0368. The Balaban J connectivity index is 0.00000122. The lowest BCUT2D eigenvalue weighted by Crippen LogP contribution is -2.47. The molecule has 1 aliphatic rings. The standard InChI is InChI=1S/C13H24N2O3.CO2/c1-9-7-10(11(16)14(5)6)15(8-9)12(17)18-13(2,3)4;2-1-3/h9-10H,7-8H2,1-6H3;/t9-,10-;/m1./s1. The summed E-state index contributed by atoms with van der Waals surface area (Å²) < 4.78 is 5.35. The third kappa shape index (κ3) is 6.40. The first kappa shape index (κ1) is 19.1. The van der Waals surface area contributed by atoms with E-state index in [0.29, 0.717) is 18.9 Å². The smallest absolute Gasteiger partial charge is 0.410 e. The summed E-state index contributed by atoms with van der Waals surface area (Å²) in [6, 6.07) is -0.384. The lowest BCUT2D eigenvalue weighted by Gasteiger charge is -2.29. The number of carbonyl (C=O) groups is 2. The summed E-state index contributed by atoms with van der Waals surface area (Å²) in [7, 11) is 3.41. The van der Waals surface area contributed by atoms with Crippen LogP contribution in [0.2, 0.25) is 0 Å². The second-order valence-corrected chi connectivity index (χ2v) is 6.31. The molecule has 0 saturated carbocycles. The van der Waals surface area contributed by atoms with Crippen molar-refractivity contribution in [3.05, 3.63) is 0 Å². The molecule has 0 aromatic rings. The fourth-order valence-electron chi connectivity index (χ4n) is 2.10. The highest BCUT2D eigenvalue weighted by molar-refractivity contribution is 5.86. The highest BCUT2D eigenvalue weighted by Crippen LogP contribution is 2.26. The predicted molar refractivity (Wildman–Crippen MR) is 74.2 cm³/mol. The summed E-state index contributed by atoms with van der Waals surface area (Å²) in [6.45, 7) is 8.10. The molecule has 1 fully saturated rings. The van der Waals surface area contributed by atoms with Crippen LogP contribution in [0, 0.1) is 5.92 Å². The van der Waals surface area contributed by atoms with Crippen molar-refractivity contribution in [2.45, 2.75) is 45.8 Å². The summed E-state index contributed by atoms with van der Waals surface area (Å²) in [5.41, 5.74) is -0.533. The van der Waals surface area contributed by atoms with Crippen molar-refractivity contribution >= 4 is 18.2 Å². The number of hydrogen-bond acceptors (Lipinski definition) is 5. The Morgan fingerprint density at radius 2 is 1.71 bits per heavy atom. The monoisotopic (exact) mass is 300 g/mol. The molecule has 120 valence electrons. The van der Waals surface area contributed by atoms with Crippen LogP contribution < -0.4 is 0 Å². The maximum atomic E-state index is 12.1.